The Morgan fingerprint density at radius 3 is 2.00 bits per heavy atom. The first-order valence-corrected chi connectivity index (χ1v) is 7.80. The average molecular weight is 287 g/mol. The Hall–Kier alpha value is -1.26. The van der Waals surface area contributed by atoms with Crippen molar-refractivity contribution in [3.8, 4) is 0 Å². The molecular formula is C15H29NO4. The molecule has 0 bridgehead atoms. The predicted octanol–water partition coefficient (Wildman–Crippen LogP) is 4.65. The van der Waals surface area contributed by atoms with Crippen molar-refractivity contribution in [1.82, 2.24) is 4.90 Å². The lowest BCUT2D eigenvalue weighted by Crippen LogP contribution is -2.37. The standard InChI is InChI=1S/C15H29NO4/c1-3-5-7-9-11-13-20-15(19)16(14(17)18)12-10-8-6-4-2/h3-13H2,1-2H3,(H,17,18). The van der Waals surface area contributed by atoms with E-state index in [0.717, 1.165) is 43.4 Å². The molecule has 1 N–H and O–H groups in total. The van der Waals surface area contributed by atoms with Crippen LogP contribution in [-0.2, 0) is 4.74 Å². The highest BCUT2D eigenvalue weighted by Crippen LogP contribution is 2.06. The molecule has 0 atom stereocenters. The van der Waals surface area contributed by atoms with Crippen molar-refractivity contribution >= 4 is 12.2 Å². The minimum absolute atomic E-state index is 0.226. The van der Waals surface area contributed by atoms with E-state index in [0.29, 0.717) is 13.0 Å². The lowest BCUT2D eigenvalue weighted by molar-refractivity contribution is 0.0925. The van der Waals surface area contributed by atoms with Crippen LogP contribution in [0.4, 0.5) is 9.59 Å². The quantitative estimate of drug-likeness (QED) is 0.561. The van der Waals surface area contributed by atoms with Gasteiger partial charge >= 0.3 is 12.2 Å². The second kappa shape index (κ2) is 12.8. The summed E-state index contributed by atoms with van der Waals surface area (Å²) in [5.74, 6) is 0. The Morgan fingerprint density at radius 2 is 1.45 bits per heavy atom. The van der Waals surface area contributed by atoms with Gasteiger partial charge in [0.2, 0.25) is 0 Å². The summed E-state index contributed by atoms with van der Waals surface area (Å²) in [6.07, 6.45) is 7.12. The summed E-state index contributed by atoms with van der Waals surface area (Å²) in [5, 5.41) is 9.00. The van der Waals surface area contributed by atoms with Crippen LogP contribution in [0.5, 0.6) is 0 Å². The van der Waals surface area contributed by atoms with Crippen LogP contribution in [0.2, 0.25) is 0 Å². The molecule has 0 rings (SSSR count). The lowest BCUT2D eigenvalue weighted by Gasteiger charge is -2.16. The summed E-state index contributed by atoms with van der Waals surface area (Å²) in [6.45, 7) is 4.76. The van der Waals surface area contributed by atoms with Crippen molar-refractivity contribution in [2.45, 2.75) is 71.6 Å². The van der Waals surface area contributed by atoms with E-state index in [1.165, 1.54) is 12.8 Å². The number of carbonyl (C=O) groups excluding carboxylic acids is 1. The molecule has 0 saturated carbocycles. The number of rotatable bonds is 11. The summed E-state index contributed by atoms with van der Waals surface area (Å²) in [5.41, 5.74) is 0. The van der Waals surface area contributed by atoms with Gasteiger partial charge in [0.05, 0.1) is 6.61 Å². The van der Waals surface area contributed by atoms with E-state index < -0.39 is 12.2 Å². The van der Waals surface area contributed by atoms with Gasteiger partial charge < -0.3 is 9.84 Å². The van der Waals surface area contributed by atoms with Crippen LogP contribution in [0.25, 0.3) is 0 Å². The molecule has 0 unspecified atom stereocenters. The zero-order valence-corrected chi connectivity index (χ0v) is 12.9. The van der Waals surface area contributed by atoms with Crippen molar-refractivity contribution in [2.24, 2.45) is 0 Å². The monoisotopic (exact) mass is 287 g/mol. The highest BCUT2D eigenvalue weighted by Gasteiger charge is 2.21. The SMILES string of the molecule is CCCCCCCOC(=O)N(CCCCCC)C(=O)O. The molecule has 0 aliphatic carbocycles. The number of carboxylic acid groups (broad SMARTS) is 1. The first-order chi connectivity index (χ1) is 9.63. The van der Waals surface area contributed by atoms with Gasteiger partial charge in [0, 0.05) is 6.54 Å². The van der Waals surface area contributed by atoms with Crippen LogP contribution < -0.4 is 0 Å². The van der Waals surface area contributed by atoms with Gasteiger partial charge in [-0.25, -0.2) is 14.5 Å². The third-order valence-electron chi connectivity index (χ3n) is 3.16. The van der Waals surface area contributed by atoms with Gasteiger partial charge in [-0.2, -0.15) is 0 Å². The molecule has 118 valence electrons. The zero-order chi connectivity index (χ0) is 15.2. The Labute approximate surface area is 122 Å². The molecule has 0 aliphatic rings. The van der Waals surface area contributed by atoms with Gasteiger partial charge in [0.25, 0.3) is 0 Å². The summed E-state index contributed by atoms with van der Waals surface area (Å²) in [4.78, 5) is 23.4. The number of nitrogens with zero attached hydrogens (tertiary/aromatic N) is 1. The highest BCUT2D eigenvalue weighted by molar-refractivity contribution is 5.86. The maximum absolute atomic E-state index is 11.7. The van der Waals surface area contributed by atoms with E-state index in [1.807, 2.05) is 0 Å². The summed E-state index contributed by atoms with van der Waals surface area (Å²) in [7, 11) is 0. The molecule has 0 aliphatic heterocycles. The van der Waals surface area contributed by atoms with Crippen LogP contribution in [0.1, 0.15) is 71.6 Å². The summed E-state index contributed by atoms with van der Waals surface area (Å²) >= 11 is 0. The van der Waals surface area contributed by atoms with E-state index in [9.17, 15) is 9.59 Å². The van der Waals surface area contributed by atoms with Crippen molar-refractivity contribution < 1.29 is 19.4 Å². The van der Waals surface area contributed by atoms with Gasteiger partial charge in [0.15, 0.2) is 0 Å². The van der Waals surface area contributed by atoms with Crippen molar-refractivity contribution in [3.63, 3.8) is 0 Å². The predicted molar refractivity (Wildman–Crippen MR) is 79.0 cm³/mol. The van der Waals surface area contributed by atoms with E-state index >= 15 is 0 Å². The first-order valence-electron chi connectivity index (χ1n) is 7.80. The average Bonchev–Trinajstić information content (AvgIpc) is 2.42. The molecule has 5 nitrogen and oxygen atoms in total. The minimum Gasteiger partial charge on any atom is -0.465 e. The molecular weight excluding hydrogens is 258 g/mol. The number of hydrogen-bond donors (Lipinski definition) is 1. The Balaban J connectivity index is 3.83. The van der Waals surface area contributed by atoms with Crippen LogP contribution in [0, 0.1) is 0 Å². The van der Waals surface area contributed by atoms with E-state index in [2.05, 4.69) is 13.8 Å². The second-order valence-electron chi connectivity index (χ2n) is 5.02. The molecule has 0 spiro atoms. The number of carbonyl (C=O) groups is 2. The van der Waals surface area contributed by atoms with Crippen molar-refractivity contribution in [1.29, 1.82) is 0 Å². The van der Waals surface area contributed by atoms with Gasteiger partial charge in [0.1, 0.15) is 0 Å². The highest BCUT2D eigenvalue weighted by atomic mass is 16.6. The summed E-state index contributed by atoms with van der Waals surface area (Å²) < 4.78 is 5.01. The number of ether oxygens (including phenoxy) is 1. The number of hydrogen-bond acceptors (Lipinski definition) is 3. The van der Waals surface area contributed by atoms with Crippen molar-refractivity contribution in [2.75, 3.05) is 13.2 Å². The van der Waals surface area contributed by atoms with Crippen LogP contribution in [0.3, 0.4) is 0 Å². The molecule has 2 amide bonds. The third-order valence-corrected chi connectivity index (χ3v) is 3.16. The fourth-order valence-electron chi connectivity index (χ4n) is 1.90. The lowest BCUT2D eigenvalue weighted by atomic mass is 10.2. The number of unbranched alkanes of at least 4 members (excludes halogenated alkanes) is 7. The van der Waals surface area contributed by atoms with Gasteiger partial charge in [-0.15, -0.1) is 0 Å². The fraction of sp³-hybridized carbons (Fsp3) is 0.867. The van der Waals surface area contributed by atoms with E-state index in [1.54, 1.807) is 0 Å². The smallest absolute Gasteiger partial charge is 0.419 e. The zero-order valence-electron chi connectivity index (χ0n) is 12.9. The number of amides is 2. The fourth-order valence-corrected chi connectivity index (χ4v) is 1.90. The minimum atomic E-state index is -1.22. The largest absolute Gasteiger partial charge is 0.465 e. The molecule has 0 aromatic rings. The first kappa shape index (κ1) is 18.7. The normalized spacial score (nSPS) is 10.3. The molecule has 20 heavy (non-hydrogen) atoms. The molecule has 0 saturated heterocycles. The number of imide groups is 1. The molecule has 0 radical (unpaired) electrons. The maximum Gasteiger partial charge on any atom is 0.419 e. The van der Waals surface area contributed by atoms with Gasteiger partial charge in [-0.1, -0.05) is 58.8 Å². The van der Waals surface area contributed by atoms with Crippen LogP contribution in [-0.4, -0.2) is 35.3 Å². The molecule has 0 fully saturated rings. The van der Waals surface area contributed by atoms with E-state index in [-0.39, 0.29) is 6.54 Å². The second-order valence-corrected chi connectivity index (χ2v) is 5.02. The summed E-state index contributed by atoms with van der Waals surface area (Å²) in [6, 6.07) is 0. The Bertz CT molecular complexity index is 269. The van der Waals surface area contributed by atoms with Crippen molar-refractivity contribution in [3.05, 3.63) is 0 Å². The third kappa shape index (κ3) is 9.64. The molecule has 0 aromatic carbocycles. The van der Waals surface area contributed by atoms with Gasteiger partial charge in [-0.3, -0.25) is 0 Å². The van der Waals surface area contributed by atoms with Gasteiger partial charge in [-0.05, 0) is 12.8 Å². The van der Waals surface area contributed by atoms with Crippen LogP contribution >= 0.6 is 0 Å². The molecule has 0 heterocycles. The maximum atomic E-state index is 11.7. The molecule has 5 heteroatoms. The topological polar surface area (TPSA) is 66.8 Å². The van der Waals surface area contributed by atoms with E-state index in [4.69, 9.17) is 9.84 Å². The Kier molecular flexibility index (Phi) is 12.0. The molecule has 0 aromatic heterocycles. The Morgan fingerprint density at radius 1 is 0.900 bits per heavy atom. The van der Waals surface area contributed by atoms with Crippen LogP contribution in [0.15, 0.2) is 0 Å².